The standard InChI is InChI=1S/C18H30O7S/c1-17(2)22-13-11(10-26-9-7-5-6-8-12(19)20)21-16-15(14(13)23-17)24-18(3,4)25-16/h11,13-16H,5-10H2,1-4H3,(H,19,20)/t11-,13+,14+,15-,16-/m1/s1. The maximum atomic E-state index is 10.5. The number of ether oxygens (including phenoxy) is 5. The topological polar surface area (TPSA) is 83.5 Å². The molecule has 3 aliphatic rings. The minimum absolute atomic E-state index is 0.121. The maximum absolute atomic E-state index is 10.5. The van der Waals surface area contributed by atoms with Crippen molar-refractivity contribution in [3.63, 3.8) is 0 Å². The Morgan fingerprint density at radius 3 is 2.31 bits per heavy atom. The Hall–Kier alpha value is -0.380. The number of fused-ring (bicyclic) bond motifs is 3. The lowest BCUT2D eigenvalue weighted by Crippen LogP contribution is -2.55. The highest BCUT2D eigenvalue weighted by molar-refractivity contribution is 7.99. The van der Waals surface area contributed by atoms with Crippen LogP contribution in [0.3, 0.4) is 0 Å². The fourth-order valence-corrected chi connectivity index (χ4v) is 4.76. The molecule has 3 saturated heterocycles. The van der Waals surface area contributed by atoms with Crippen molar-refractivity contribution in [3.05, 3.63) is 0 Å². The Balaban J connectivity index is 1.50. The number of rotatable bonds is 8. The summed E-state index contributed by atoms with van der Waals surface area (Å²) in [6.45, 7) is 7.58. The van der Waals surface area contributed by atoms with Gasteiger partial charge in [0.25, 0.3) is 0 Å². The van der Waals surface area contributed by atoms with Crippen molar-refractivity contribution in [2.45, 2.75) is 95.7 Å². The summed E-state index contributed by atoms with van der Waals surface area (Å²) in [7, 11) is 0. The molecule has 3 heterocycles. The summed E-state index contributed by atoms with van der Waals surface area (Å²) in [5.41, 5.74) is 0. The van der Waals surface area contributed by atoms with Gasteiger partial charge in [-0.05, 0) is 46.3 Å². The lowest BCUT2D eigenvalue weighted by molar-refractivity contribution is -0.228. The van der Waals surface area contributed by atoms with Gasteiger partial charge in [-0.25, -0.2) is 0 Å². The van der Waals surface area contributed by atoms with Gasteiger partial charge in [-0.3, -0.25) is 4.79 Å². The summed E-state index contributed by atoms with van der Waals surface area (Å²) in [4.78, 5) is 10.5. The molecule has 0 unspecified atom stereocenters. The first kappa shape index (κ1) is 20.4. The number of carbonyl (C=O) groups is 1. The van der Waals surface area contributed by atoms with Gasteiger partial charge in [0.2, 0.25) is 0 Å². The van der Waals surface area contributed by atoms with E-state index in [4.69, 9.17) is 28.8 Å². The molecule has 1 N–H and O–H groups in total. The van der Waals surface area contributed by atoms with Crippen LogP contribution in [0.25, 0.3) is 0 Å². The number of carboxylic acid groups (broad SMARTS) is 1. The highest BCUT2D eigenvalue weighted by Crippen LogP contribution is 2.44. The largest absolute Gasteiger partial charge is 0.481 e. The van der Waals surface area contributed by atoms with Crippen molar-refractivity contribution < 1.29 is 33.6 Å². The van der Waals surface area contributed by atoms with Gasteiger partial charge in [0, 0.05) is 12.2 Å². The highest BCUT2D eigenvalue weighted by atomic mass is 32.2. The van der Waals surface area contributed by atoms with Crippen LogP contribution in [0.4, 0.5) is 0 Å². The van der Waals surface area contributed by atoms with E-state index in [-0.39, 0.29) is 30.8 Å². The number of hydrogen-bond donors (Lipinski definition) is 1. The predicted molar refractivity (Wildman–Crippen MR) is 96.0 cm³/mol. The number of hydrogen-bond acceptors (Lipinski definition) is 7. The van der Waals surface area contributed by atoms with Crippen molar-refractivity contribution in [1.29, 1.82) is 0 Å². The zero-order chi connectivity index (χ0) is 18.9. The van der Waals surface area contributed by atoms with Crippen LogP contribution < -0.4 is 0 Å². The lowest BCUT2D eigenvalue weighted by atomic mass is 10.00. The molecule has 150 valence electrons. The minimum atomic E-state index is -0.725. The molecule has 0 aromatic rings. The summed E-state index contributed by atoms with van der Waals surface area (Å²) in [6.07, 6.45) is 1.69. The molecule has 0 amide bonds. The second kappa shape index (κ2) is 7.93. The zero-order valence-corrected chi connectivity index (χ0v) is 16.8. The summed E-state index contributed by atoms with van der Waals surface area (Å²) in [5.74, 6) is -0.326. The molecular formula is C18H30O7S. The van der Waals surface area contributed by atoms with Gasteiger partial charge >= 0.3 is 5.97 Å². The van der Waals surface area contributed by atoms with Gasteiger partial charge in [0.05, 0.1) is 6.10 Å². The van der Waals surface area contributed by atoms with Gasteiger partial charge < -0.3 is 28.8 Å². The minimum Gasteiger partial charge on any atom is -0.481 e. The normalized spacial score (nSPS) is 37.3. The molecule has 26 heavy (non-hydrogen) atoms. The Kier molecular flexibility index (Phi) is 6.21. The van der Waals surface area contributed by atoms with E-state index in [2.05, 4.69) is 0 Å². The predicted octanol–water partition coefficient (Wildman–Crippen LogP) is 2.76. The number of unbranched alkanes of at least 4 members (excludes halogenated alkanes) is 2. The maximum Gasteiger partial charge on any atom is 0.303 e. The smallest absolute Gasteiger partial charge is 0.303 e. The van der Waals surface area contributed by atoms with E-state index in [1.165, 1.54) is 0 Å². The molecule has 0 aromatic heterocycles. The van der Waals surface area contributed by atoms with E-state index in [1.54, 1.807) is 11.8 Å². The SMILES string of the molecule is CC1(C)O[C@H]2[C@@H](O1)[C@@H](CSCCCCCC(=O)O)O[C@@H]1OC(C)(C)O[C@@H]12. The molecule has 0 radical (unpaired) electrons. The molecule has 0 spiro atoms. The highest BCUT2D eigenvalue weighted by Gasteiger charge is 2.60. The van der Waals surface area contributed by atoms with E-state index in [0.717, 1.165) is 30.8 Å². The molecule has 3 rings (SSSR count). The Bertz CT molecular complexity index is 510. The first-order valence-corrected chi connectivity index (χ1v) is 10.5. The third kappa shape index (κ3) is 4.91. The average molecular weight is 390 g/mol. The summed E-state index contributed by atoms with van der Waals surface area (Å²) >= 11 is 1.80. The van der Waals surface area contributed by atoms with Gasteiger partial charge in [-0.2, -0.15) is 11.8 Å². The fraction of sp³-hybridized carbons (Fsp3) is 0.944. The molecule has 0 aromatic carbocycles. The van der Waals surface area contributed by atoms with Crippen LogP contribution in [-0.4, -0.2) is 64.9 Å². The van der Waals surface area contributed by atoms with E-state index in [1.807, 2.05) is 27.7 Å². The van der Waals surface area contributed by atoms with Gasteiger partial charge in [-0.1, -0.05) is 6.42 Å². The van der Waals surface area contributed by atoms with Crippen LogP contribution in [0, 0.1) is 0 Å². The average Bonchev–Trinajstić information content (AvgIpc) is 3.00. The summed E-state index contributed by atoms with van der Waals surface area (Å²) in [5, 5.41) is 8.66. The molecular weight excluding hydrogens is 360 g/mol. The third-order valence-corrected chi connectivity index (χ3v) is 5.85. The van der Waals surface area contributed by atoms with E-state index in [9.17, 15) is 4.79 Å². The fourth-order valence-electron chi connectivity index (χ4n) is 3.68. The molecule has 0 bridgehead atoms. The van der Waals surface area contributed by atoms with Crippen molar-refractivity contribution in [2.24, 2.45) is 0 Å². The van der Waals surface area contributed by atoms with Crippen molar-refractivity contribution in [1.82, 2.24) is 0 Å². The molecule has 8 heteroatoms. The van der Waals surface area contributed by atoms with Crippen molar-refractivity contribution in [2.75, 3.05) is 11.5 Å². The Morgan fingerprint density at radius 2 is 1.58 bits per heavy atom. The Morgan fingerprint density at radius 1 is 0.923 bits per heavy atom. The quantitative estimate of drug-likeness (QED) is 0.634. The molecule has 3 aliphatic heterocycles. The van der Waals surface area contributed by atoms with Crippen LogP contribution >= 0.6 is 11.8 Å². The van der Waals surface area contributed by atoms with Gasteiger partial charge in [-0.15, -0.1) is 0 Å². The van der Waals surface area contributed by atoms with Crippen LogP contribution in [0.1, 0.15) is 53.4 Å². The van der Waals surface area contributed by atoms with Crippen LogP contribution in [-0.2, 0) is 28.5 Å². The van der Waals surface area contributed by atoms with Crippen LogP contribution in [0.15, 0.2) is 0 Å². The Labute approximate surface area is 159 Å². The summed E-state index contributed by atoms with van der Waals surface area (Å²) < 4.78 is 30.3. The van der Waals surface area contributed by atoms with Gasteiger partial charge in [0.1, 0.15) is 18.3 Å². The van der Waals surface area contributed by atoms with Gasteiger partial charge in [0.15, 0.2) is 17.9 Å². The first-order valence-electron chi connectivity index (χ1n) is 9.33. The lowest BCUT2D eigenvalue weighted by Gasteiger charge is -2.37. The zero-order valence-electron chi connectivity index (χ0n) is 15.9. The van der Waals surface area contributed by atoms with Crippen LogP contribution in [0.2, 0.25) is 0 Å². The molecule has 3 fully saturated rings. The van der Waals surface area contributed by atoms with Crippen molar-refractivity contribution >= 4 is 17.7 Å². The van der Waals surface area contributed by atoms with Crippen molar-refractivity contribution in [3.8, 4) is 0 Å². The van der Waals surface area contributed by atoms with E-state index < -0.39 is 23.8 Å². The number of carboxylic acids is 1. The molecule has 7 nitrogen and oxygen atoms in total. The molecule has 0 aliphatic carbocycles. The number of aliphatic carboxylic acids is 1. The molecule has 5 atom stereocenters. The van der Waals surface area contributed by atoms with Crippen LogP contribution in [0.5, 0.6) is 0 Å². The third-order valence-electron chi connectivity index (χ3n) is 4.71. The number of thioether (sulfide) groups is 1. The second-order valence-corrected chi connectivity index (χ2v) is 9.14. The summed E-state index contributed by atoms with van der Waals surface area (Å²) in [6, 6.07) is 0. The van der Waals surface area contributed by atoms with E-state index >= 15 is 0 Å². The first-order chi connectivity index (χ1) is 12.2. The second-order valence-electron chi connectivity index (χ2n) is 7.99. The molecule has 0 saturated carbocycles. The van der Waals surface area contributed by atoms with E-state index in [0.29, 0.717) is 0 Å². The monoisotopic (exact) mass is 390 g/mol.